The molecule has 3 heterocycles. The average Bonchev–Trinajstić information content (AvgIpc) is 2.86. The Hall–Kier alpha value is -1.99. The second kappa shape index (κ2) is 5.42. The van der Waals surface area contributed by atoms with Gasteiger partial charge in [-0.25, -0.2) is 9.78 Å². The molecule has 3 rings (SSSR count). The van der Waals surface area contributed by atoms with Crippen LogP contribution in [-0.4, -0.2) is 19.1 Å². The van der Waals surface area contributed by atoms with Crippen molar-refractivity contribution in [2.75, 3.05) is 0 Å². The highest BCUT2D eigenvalue weighted by molar-refractivity contribution is 7.15. The summed E-state index contributed by atoms with van der Waals surface area (Å²) < 4.78 is 3.33. The molecule has 0 N–H and O–H groups in total. The Morgan fingerprint density at radius 3 is 2.86 bits per heavy atom. The van der Waals surface area contributed by atoms with Crippen LogP contribution in [0, 0.1) is 0 Å². The predicted octanol–water partition coefficient (Wildman–Crippen LogP) is 1.69. The van der Waals surface area contributed by atoms with Crippen molar-refractivity contribution in [2.45, 2.75) is 20.0 Å². The number of halogens is 1. The van der Waals surface area contributed by atoms with E-state index in [2.05, 4.69) is 9.97 Å². The molecule has 8 heteroatoms. The molecule has 2 aliphatic heterocycles. The van der Waals surface area contributed by atoms with E-state index in [1.54, 1.807) is 36.0 Å². The highest BCUT2D eigenvalue weighted by atomic mass is 35.5. The molecule has 0 aromatic carbocycles. The van der Waals surface area contributed by atoms with Crippen LogP contribution in [0.4, 0.5) is 0 Å². The monoisotopic (exact) mass is 322 g/mol. The van der Waals surface area contributed by atoms with E-state index in [9.17, 15) is 9.59 Å². The Labute approximate surface area is 128 Å². The summed E-state index contributed by atoms with van der Waals surface area (Å²) in [5.41, 5.74) is -0.420. The van der Waals surface area contributed by atoms with Gasteiger partial charge in [0.05, 0.1) is 12.1 Å². The molecule has 0 bridgehead atoms. The van der Waals surface area contributed by atoms with E-state index in [0.29, 0.717) is 28.9 Å². The number of hydrogen-bond acceptors (Lipinski definition) is 5. The molecular weight excluding hydrogens is 312 g/mol. The zero-order chi connectivity index (χ0) is 15.0. The van der Waals surface area contributed by atoms with E-state index in [-0.39, 0.29) is 5.56 Å². The Kier molecular flexibility index (Phi) is 3.60. The molecule has 6 nitrogen and oxygen atoms in total. The normalized spacial score (nSPS) is 11.1. The van der Waals surface area contributed by atoms with Gasteiger partial charge in [0.2, 0.25) is 0 Å². The first-order valence-electron chi connectivity index (χ1n) is 6.30. The number of rotatable bonds is 3. The highest BCUT2D eigenvalue weighted by Crippen LogP contribution is 2.21. The molecule has 2 aliphatic rings. The maximum absolute atomic E-state index is 12.3. The summed E-state index contributed by atoms with van der Waals surface area (Å²) in [6.07, 6.45) is 3.45. The van der Waals surface area contributed by atoms with Gasteiger partial charge in [-0.3, -0.25) is 9.36 Å². The van der Waals surface area contributed by atoms with E-state index in [4.69, 9.17) is 11.6 Å². The van der Waals surface area contributed by atoms with Gasteiger partial charge in [0.15, 0.2) is 10.3 Å². The van der Waals surface area contributed by atoms with Crippen molar-refractivity contribution >= 4 is 22.9 Å². The highest BCUT2D eigenvalue weighted by Gasteiger charge is 2.16. The van der Waals surface area contributed by atoms with Crippen molar-refractivity contribution in [3.05, 3.63) is 54.7 Å². The van der Waals surface area contributed by atoms with E-state index < -0.39 is 5.69 Å². The first-order valence-corrected chi connectivity index (χ1v) is 7.50. The summed E-state index contributed by atoms with van der Waals surface area (Å²) in [5.74, 6) is 0.377. The molecule has 0 spiro atoms. The minimum atomic E-state index is -0.530. The molecule has 0 radical (unpaired) electrons. The summed E-state index contributed by atoms with van der Waals surface area (Å²) >= 11 is 7.17. The molecule has 0 aliphatic carbocycles. The lowest BCUT2D eigenvalue weighted by atomic mass is 10.2. The maximum atomic E-state index is 12.3. The average molecular weight is 323 g/mol. The van der Waals surface area contributed by atoms with Gasteiger partial charge in [0, 0.05) is 23.8 Å². The summed E-state index contributed by atoms with van der Waals surface area (Å²) in [6, 6.07) is 3.44. The van der Waals surface area contributed by atoms with E-state index in [1.165, 1.54) is 11.3 Å². The van der Waals surface area contributed by atoms with Gasteiger partial charge in [-0.1, -0.05) is 11.6 Å². The third kappa shape index (κ3) is 2.50. The van der Waals surface area contributed by atoms with Crippen LogP contribution in [0.3, 0.4) is 0 Å². The van der Waals surface area contributed by atoms with Crippen molar-refractivity contribution in [3.8, 4) is 11.4 Å². The molecule has 0 amide bonds. The van der Waals surface area contributed by atoms with Crippen LogP contribution in [0.15, 0.2) is 34.1 Å². The second-order valence-corrected chi connectivity index (χ2v) is 6.09. The van der Waals surface area contributed by atoms with Crippen LogP contribution in [0.1, 0.15) is 11.8 Å². The van der Waals surface area contributed by atoms with Crippen LogP contribution in [0.5, 0.6) is 0 Å². The molecule has 0 saturated carbocycles. The lowest BCUT2D eigenvalue weighted by molar-refractivity contribution is 0.659. The number of fused-ring (bicyclic) bond motifs is 1. The van der Waals surface area contributed by atoms with Gasteiger partial charge in [-0.15, -0.1) is 11.3 Å². The summed E-state index contributed by atoms with van der Waals surface area (Å²) in [7, 11) is 0. The SMILES string of the molecule is CCn1c(=O)nc2n(Cc3cnc(Cl)s3)cccc-2c1=O. The maximum Gasteiger partial charge on any atom is 0.352 e. The summed E-state index contributed by atoms with van der Waals surface area (Å²) in [4.78, 5) is 33.1. The minimum absolute atomic E-state index is 0.306. The molecule has 21 heavy (non-hydrogen) atoms. The quantitative estimate of drug-likeness (QED) is 0.735. The van der Waals surface area contributed by atoms with Crippen molar-refractivity contribution in [3.63, 3.8) is 0 Å². The molecule has 108 valence electrons. The first kappa shape index (κ1) is 14.0. The zero-order valence-corrected chi connectivity index (χ0v) is 12.7. The van der Waals surface area contributed by atoms with Gasteiger partial charge in [-0.2, -0.15) is 4.98 Å². The Morgan fingerprint density at radius 2 is 2.19 bits per heavy atom. The third-order valence-corrected chi connectivity index (χ3v) is 4.22. The van der Waals surface area contributed by atoms with E-state index in [1.807, 2.05) is 0 Å². The number of pyridine rings is 1. The van der Waals surface area contributed by atoms with Gasteiger partial charge in [0.25, 0.3) is 5.56 Å². The van der Waals surface area contributed by atoms with E-state index >= 15 is 0 Å². The number of aromatic nitrogens is 4. The van der Waals surface area contributed by atoms with Crippen LogP contribution in [0.25, 0.3) is 11.4 Å². The van der Waals surface area contributed by atoms with Gasteiger partial charge in [0.1, 0.15) is 0 Å². The molecule has 1 aromatic heterocycles. The van der Waals surface area contributed by atoms with Gasteiger partial charge in [-0.05, 0) is 19.1 Å². The number of thiazole rings is 1. The fraction of sp³-hybridized carbons (Fsp3) is 0.231. The lowest BCUT2D eigenvalue weighted by Crippen LogP contribution is -2.37. The van der Waals surface area contributed by atoms with Crippen molar-refractivity contribution < 1.29 is 0 Å². The second-order valence-electron chi connectivity index (χ2n) is 4.40. The Balaban J connectivity index is 2.16. The molecule has 0 atom stereocenters. The van der Waals surface area contributed by atoms with Crippen molar-refractivity contribution in [1.82, 2.24) is 19.1 Å². The zero-order valence-electron chi connectivity index (χ0n) is 11.1. The fourth-order valence-electron chi connectivity index (χ4n) is 2.15. The number of nitrogens with zero attached hydrogens (tertiary/aromatic N) is 4. The van der Waals surface area contributed by atoms with Crippen LogP contribution in [-0.2, 0) is 13.1 Å². The predicted molar refractivity (Wildman–Crippen MR) is 81.3 cm³/mol. The van der Waals surface area contributed by atoms with Gasteiger partial charge >= 0.3 is 5.69 Å². The van der Waals surface area contributed by atoms with Crippen LogP contribution < -0.4 is 11.2 Å². The smallest absolute Gasteiger partial charge is 0.327 e. The number of hydrogen-bond donors (Lipinski definition) is 0. The minimum Gasteiger partial charge on any atom is -0.327 e. The van der Waals surface area contributed by atoms with Crippen molar-refractivity contribution in [1.29, 1.82) is 0 Å². The van der Waals surface area contributed by atoms with E-state index in [0.717, 1.165) is 9.44 Å². The molecular formula is C13H11ClN4O2S. The molecule has 0 saturated heterocycles. The molecule has 1 aromatic rings. The lowest BCUT2D eigenvalue weighted by Gasteiger charge is -2.13. The third-order valence-electron chi connectivity index (χ3n) is 3.12. The Bertz CT molecular complexity index is 883. The largest absolute Gasteiger partial charge is 0.352 e. The first-order chi connectivity index (χ1) is 10.1. The van der Waals surface area contributed by atoms with Crippen LogP contribution in [0.2, 0.25) is 4.47 Å². The van der Waals surface area contributed by atoms with Gasteiger partial charge < -0.3 is 4.57 Å². The molecule has 0 unspecified atom stereocenters. The van der Waals surface area contributed by atoms with Crippen LogP contribution >= 0.6 is 22.9 Å². The summed E-state index contributed by atoms with van der Waals surface area (Å²) in [5, 5.41) is 0. The topological polar surface area (TPSA) is 69.8 Å². The van der Waals surface area contributed by atoms with Crippen molar-refractivity contribution in [2.24, 2.45) is 0 Å². The molecule has 0 fully saturated rings. The fourth-order valence-corrected chi connectivity index (χ4v) is 3.13. The Morgan fingerprint density at radius 1 is 1.38 bits per heavy atom. The standard InChI is InChI=1S/C13H11ClN4O2S/c1-2-18-11(19)9-4-3-5-17(10(9)16-13(18)20)7-8-6-15-12(14)21-8/h3-6H,2,7H2,1H3. The summed E-state index contributed by atoms with van der Waals surface area (Å²) in [6.45, 7) is 2.51.